The van der Waals surface area contributed by atoms with Gasteiger partial charge in [0.25, 0.3) is 0 Å². The lowest BCUT2D eigenvalue weighted by atomic mass is 10.1. The van der Waals surface area contributed by atoms with Gasteiger partial charge in [-0.25, -0.2) is 4.39 Å². The molecule has 6 heteroatoms. The van der Waals surface area contributed by atoms with Crippen LogP contribution in [0.15, 0.2) is 53.5 Å². The second kappa shape index (κ2) is 8.82. The monoisotopic (exact) mass is 342 g/mol. The van der Waals surface area contributed by atoms with Crippen LogP contribution in [-0.2, 0) is 4.79 Å². The highest BCUT2D eigenvalue weighted by Gasteiger charge is 2.11. The Kier molecular flexibility index (Phi) is 6.51. The Hall–Kier alpha value is -2.89. The van der Waals surface area contributed by atoms with Crippen molar-refractivity contribution in [3.63, 3.8) is 0 Å². The third kappa shape index (κ3) is 5.60. The molecule has 2 aromatic carbocycles. The lowest BCUT2D eigenvalue weighted by Crippen LogP contribution is -2.42. The number of hydrogen-bond acceptors (Lipinski definition) is 2. The number of para-hydroxylation sites is 1. The first-order valence-corrected chi connectivity index (χ1v) is 8.07. The minimum atomic E-state index is -0.240. The van der Waals surface area contributed by atoms with E-state index in [1.807, 2.05) is 43.3 Å². The fourth-order valence-electron chi connectivity index (χ4n) is 2.25. The highest BCUT2D eigenvalue weighted by molar-refractivity contribution is 5.95. The topological polar surface area (TPSA) is 65.5 Å². The Morgan fingerprint density at radius 1 is 1.20 bits per heavy atom. The molecule has 2 aromatic rings. The number of carbonyl (C=O) groups excluding carboxylic acids is 1. The molecular weight excluding hydrogens is 319 g/mol. The van der Waals surface area contributed by atoms with E-state index >= 15 is 0 Å². The molecule has 1 amide bonds. The number of rotatable bonds is 5. The normalized spacial score (nSPS) is 12.4. The predicted octanol–water partition coefficient (Wildman–Crippen LogP) is 3.00. The molecule has 3 N–H and O–H groups in total. The van der Waals surface area contributed by atoms with Crippen molar-refractivity contribution < 1.29 is 9.18 Å². The van der Waals surface area contributed by atoms with Crippen LogP contribution in [-0.4, -0.2) is 25.5 Å². The molecule has 5 nitrogen and oxygen atoms in total. The molecule has 2 rings (SSSR count). The Morgan fingerprint density at radius 2 is 1.92 bits per heavy atom. The van der Waals surface area contributed by atoms with E-state index < -0.39 is 0 Å². The van der Waals surface area contributed by atoms with Crippen LogP contribution < -0.4 is 16.0 Å². The largest absolute Gasteiger partial charge is 0.350 e. The highest BCUT2D eigenvalue weighted by atomic mass is 19.1. The average Bonchev–Trinajstić information content (AvgIpc) is 2.61. The Morgan fingerprint density at radius 3 is 2.56 bits per heavy atom. The van der Waals surface area contributed by atoms with Gasteiger partial charge < -0.3 is 16.0 Å². The number of aryl methyl sites for hydroxylation is 1. The summed E-state index contributed by atoms with van der Waals surface area (Å²) in [6.07, 6.45) is 0. The van der Waals surface area contributed by atoms with Crippen LogP contribution in [0.5, 0.6) is 0 Å². The maximum Gasteiger partial charge on any atom is 0.243 e. The molecule has 1 atom stereocenters. The smallest absolute Gasteiger partial charge is 0.243 e. The van der Waals surface area contributed by atoms with Crippen LogP contribution in [0.1, 0.15) is 24.1 Å². The molecule has 0 spiro atoms. The number of anilines is 1. The predicted molar refractivity (Wildman–Crippen MR) is 99.1 cm³/mol. The molecule has 25 heavy (non-hydrogen) atoms. The number of nitrogens with one attached hydrogen (secondary N) is 3. The number of benzene rings is 2. The van der Waals surface area contributed by atoms with Crippen LogP contribution in [0, 0.1) is 12.7 Å². The van der Waals surface area contributed by atoms with E-state index in [-0.39, 0.29) is 24.3 Å². The third-order valence-electron chi connectivity index (χ3n) is 3.75. The van der Waals surface area contributed by atoms with E-state index in [4.69, 9.17) is 0 Å². The van der Waals surface area contributed by atoms with Gasteiger partial charge in [-0.3, -0.25) is 9.79 Å². The summed E-state index contributed by atoms with van der Waals surface area (Å²) in [4.78, 5) is 16.1. The number of nitrogens with zero attached hydrogens (tertiary/aromatic N) is 1. The molecule has 1 unspecified atom stereocenters. The summed E-state index contributed by atoms with van der Waals surface area (Å²) in [7, 11) is 1.62. The standard InChI is InChI=1S/C19H23FN4O/c1-13-9-10-15(11-17(13)20)14(2)23-19(21-3)22-12-18(25)24-16-7-5-4-6-8-16/h4-11,14H,12H2,1-3H3,(H,24,25)(H2,21,22,23). The van der Waals surface area contributed by atoms with Gasteiger partial charge in [0, 0.05) is 12.7 Å². The molecule has 0 aliphatic heterocycles. The summed E-state index contributed by atoms with van der Waals surface area (Å²) in [5, 5.41) is 8.88. The summed E-state index contributed by atoms with van der Waals surface area (Å²) in [5.74, 6) is 0.0520. The number of halogens is 1. The summed E-state index contributed by atoms with van der Waals surface area (Å²) in [6.45, 7) is 3.70. The van der Waals surface area contributed by atoms with Gasteiger partial charge in [0.2, 0.25) is 5.91 Å². The SMILES string of the molecule is CN=C(NCC(=O)Nc1ccccc1)NC(C)c1ccc(C)c(F)c1. The van der Waals surface area contributed by atoms with E-state index in [0.717, 1.165) is 11.3 Å². The van der Waals surface area contributed by atoms with E-state index in [0.29, 0.717) is 11.5 Å². The lowest BCUT2D eigenvalue weighted by molar-refractivity contribution is -0.115. The number of carbonyl (C=O) groups is 1. The molecule has 0 saturated heterocycles. The fourth-order valence-corrected chi connectivity index (χ4v) is 2.25. The van der Waals surface area contributed by atoms with Crippen LogP contribution in [0.2, 0.25) is 0 Å². The molecule has 0 radical (unpaired) electrons. The van der Waals surface area contributed by atoms with E-state index in [1.165, 1.54) is 6.07 Å². The Bertz CT molecular complexity index is 746. The zero-order chi connectivity index (χ0) is 18.2. The van der Waals surface area contributed by atoms with E-state index in [2.05, 4.69) is 20.9 Å². The van der Waals surface area contributed by atoms with Gasteiger partial charge in [0.1, 0.15) is 5.82 Å². The van der Waals surface area contributed by atoms with Crippen molar-refractivity contribution in [1.29, 1.82) is 0 Å². The zero-order valence-electron chi connectivity index (χ0n) is 14.6. The van der Waals surface area contributed by atoms with Crippen molar-refractivity contribution in [2.75, 3.05) is 18.9 Å². The second-order valence-electron chi connectivity index (χ2n) is 5.71. The van der Waals surface area contributed by atoms with Gasteiger partial charge in [0.05, 0.1) is 12.6 Å². The Labute approximate surface area is 147 Å². The molecule has 0 aromatic heterocycles. The van der Waals surface area contributed by atoms with Crippen LogP contribution in [0.4, 0.5) is 10.1 Å². The molecule has 0 bridgehead atoms. The van der Waals surface area contributed by atoms with Crippen LogP contribution in [0.3, 0.4) is 0 Å². The van der Waals surface area contributed by atoms with Gasteiger partial charge in [-0.2, -0.15) is 0 Å². The maximum absolute atomic E-state index is 13.7. The first kappa shape index (κ1) is 18.4. The highest BCUT2D eigenvalue weighted by Crippen LogP contribution is 2.16. The minimum Gasteiger partial charge on any atom is -0.350 e. The van der Waals surface area contributed by atoms with Gasteiger partial charge in [0.15, 0.2) is 5.96 Å². The molecule has 0 fully saturated rings. The fraction of sp³-hybridized carbons (Fsp3) is 0.263. The number of hydrogen-bond donors (Lipinski definition) is 3. The van der Waals surface area contributed by atoms with E-state index in [1.54, 1.807) is 20.0 Å². The maximum atomic E-state index is 13.7. The van der Waals surface area contributed by atoms with Gasteiger partial charge in [-0.1, -0.05) is 30.3 Å². The zero-order valence-corrected chi connectivity index (χ0v) is 14.6. The summed E-state index contributed by atoms with van der Waals surface area (Å²) in [5.41, 5.74) is 2.15. The average molecular weight is 342 g/mol. The van der Waals surface area contributed by atoms with Crippen molar-refractivity contribution in [3.8, 4) is 0 Å². The lowest BCUT2D eigenvalue weighted by Gasteiger charge is -2.18. The quantitative estimate of drug-likeness (QED) is 0.578. The van der Waals surface area contributed by atoms with Crippen molar-refractivity contribution in [3.05, 3.63) is 65.5 Å². The molecule has 0 saturated carbocycles. The first-order valence-electron chi connectivity index (χ1n) is 8.07. The number of amides is 1. The van der Waals surface area contributed by atoms with Crippen molar-refractivity contribution in [1.82, 2.24) is 10.6 Å². The van der Waals surface area contributed by atoms with Crippen molar-refractivity contribution >= 4 is 17.6 Å². The Balaban J connectivity index is 1.87. The van der Waals surface area contributed by atoms with Gasteiger partial charge in [-0.05, 0) is 43.2 Å². The summed E-state index contributed by atoms with van der Waals surface area (Å²) >= 11 is 0. The van der Waals surface area contributed by atoms with Crippen LogP contribution in [0.25, 0.3) is 0 Å². The summed E-state index contributed by atoms with van der Waals surface area (Å²) < 4.78 is 13.7. The van der Waals surface area contributed by atoms with E-state index in [9.17, 15) is 9.18 Å². The molecule has 0 aliphatic carbocycles. The minimum absolute atomic E-state index is 0.0730. The van der Waals surface area contributed by atoms with Crippen LogP contribution >= 0.6 is 0 Å². The molecule has 132 valence electrons. The second-order valence-corrected chi connectivity index (χ2v) is 5.71. The van der Waals surface area contributed by atoms with Gasteiger partial charge >= 0.3 is 0 Å². The number of guanidine groups is 1. The van der Waals surface area contributed by atoms with Gasteiger partial charge in [-0.15, -0.1) is 0 Å². The first-order chi connectivity index (χ1) is 12.0. The van der Waals surface area contributed by atoms with Crippen molar-refractivity contribution in [2.45, 2.75) is 19.9 Å². The molecular formula is C19H23FN4O. The molecule has 0 aliphatic rings. The van der Waals surface area contributed by atoms with Crippen molar-refractivity contribution in [2.24, 2.45) is 4.99 Å². The third-order valence-corrected chi connectivity index (χ3v) is 3.75. The molecule has 0 heterocycles. The summed E-state index contributed by atoms with van der Waals surface area (Å²) in [6, 6.07) is 14.2. The number of aliphatic imine (C=N–C) groups is 1.